The van der Waals surface area contributed by atoms with Crippen LogP contribution in [0.5, 0.6) is 5.75 Å². The smallest absolute Gasteiger partial charge is 0.201 e. The lowest BCUT2D eigenvalue weighted by Crippen LogP contribution is -2.07. The standard InChI is InChI=1S/C20H12F2N2O2/c21-15-5-3-6-16(22)18(15)19(26)14-10-24-20-13(14)8-11(9-23-20)12-4-1-2-7-17(12)25/h1-10,25H,(H,23,24). The number of phenols is 1. The molecule has 4 nitrogen and oxygen atoms in total. The molecule has 0 bridgehead atoms. The maximum Gasteiger partial charge on any atom is 0.201 e. The monoisotopic (exact) mass is 350 g/mol. The summed E-state index contributed by atoms with van der Waals surface area (Å²) < 4.78 is 27.9. The van der Waals surface area contributed by atoms with Crippen LogP contribution < -0.4 is 0 Å². The topological polar surface area (TPSA) is 66.0 Å². The number of fused-ring (bicyclic) bond motifs is 1. The Labute approximate surface area is 146 Å². The minimum absolute atomic E-state index is 0.0669. The largest absolute Gasteiger partial charge is 0.507 e. The number of para-hydroxylation sites is 1. The van der Waals surface area contributed by atoms with E-state index in [1.165, 1.54) is 18.3 Å². The van der Waals surface area contributed by atoms with Crippen molar-refractivity contribution in [2.24, 2.45) is 0 Å². The Kier molecular flexibility index (Phi) is 3.73. The van der Waals surface area contributed by atoms with Gasteiger partial charge < -0.3 is 10.1 Å². The van der Waals surface area contributed by atoms with Crippen LogP contribution in [0.4, 0.5) is 8.78 Å². The van der Waals surface area contributed by atoms with Crippen molar-refractivity contribution < 1.29 is 18.7 Å². The van der Waals surface area contributed by atoms with Crippen molar-refractivity contribution in [3.8, 4) is 16.9 Å². The van der Waals surface area contributed by atoms with E-state index in [1.807, 2.05) is 0 Å². The lowest BCUT2D eigenvalue weighted by molar-refractivity contribution is 0.103. The number of pyridine rings is 1. The van der Waals surface area contributed by atoms with Crippen LogP contribution in [0.3, 0.4) is 0 Å². The molecule has 0 unspecified atom stereocenters. The lowest BCUT2D eigenvalue weighted by atomic mass is 10.00. The molecule has 0 radical (unpaired) electrons. The zero-order valence-electron chi connectivity index (χ0n) is 13.3. The van der Waals surface area contributed by atoms with Crippen molar-refractivity contribution in [1.82, 2.24) is 9.97 Å². The van der Waals surface area contributed by atoms with Gasteiger partial charge >= 0.3 is 0 Å². The van der Waals surface area contributed by atoms with Crippen molar-refractivity contribution >= 4 is 16.8 Å². The van der Waals surface area contributed by atoms with E-state index in [2.05, 4.69) is 9.97 Å². The average Bonchev–Trinajstić information content (AvgIpc) is 3.05. The summed E-state index contributed by atoms with van der Waals surface area (Å²) in [6.45, 7) is 0. The summed E-state index contributed by atoms with van der Waals surface area (Å²) in [4.78, 5) is 19.8. The highest BCUT2D eigenvalue weighted by atomic mass is 19.1. The molecule has 6 heteroatoms. The molecule has 4 aromatic rings. The van der Waals surface area contributed by atoms with E-state index in [0.717, 1.165) is 12.1 Å². The van der Waals surface area contributed by atoms with E-state index in [-0.39, 0.29) is 11.3 Å². The number of hydrogen-bond donors (Lipinski definition) is 2. The molecule has 0 atom stereocenters. The van der Waals surface area contributed by atoms with Crippen LogP contribution in [0.2, 0.25) is 0 Å². The van der Waals surface area contributed by atoms with Gasteiger partial charge in [0.05, 0.1) is 5.56 Å². The second-order valence-electron chi connectivity index (χ2n) is 5.77. The van der Waals surface area contributed by atoms with Crippen LogP contribution in [-0.4, -0.2) is 20.9 Å². The number of ketones is 1. The van der Waals surface area contributed by atoms with Gasteiger partial charge in [-0.1, -0.05) is 24.3 Å². The molecule has 0 aliphatic rings. The molecule has 0 fully saturated rings. The number of H-pyrrole nitrogens is 1. The van der Waals surface area contributed by atoms with E-state index in [4.69, 9.17) is 0 Å². The van der Waals surface area contributed by atoms with Gasteiger partial charge in [0, 0.05) is 34.5 Å². The van der Waals surface area contributed by atoms with Crippen LogP contribution in [0.25, 0.3) is 22.2 Å². The molecule has 0 saturated heterocycles. The normalized spacial score (nSPS) is 11.0. The van der Waals surface area contributed by atoms with E-state index in [9.17, 15) is 18.7 Å². The Balaban J connectivity index is 1.88. The third-order valence-electron chi connectivity index (χ3n) is 4.18. The van der Waals surface area contributed by atoms with Gasteiger partial charge in [0.1, 0.15) is 23.0 Å². The van der Waals surface area contributed by atoms with Crippen molar-refractivity contribution in [3.05, 3.63) is 83.7 Å². The third-order valence-corrected chi connectivity index (χ3v) is 4.18. The van der Waals surface area contributed by atoms with Crippen LogP contribution in [0.1, 0.15) is 15.9 Å². The number of aromatic nitrogens is 2. The Hall–Kier alpha value is -3.54. The third kappa shape index (κ3) is 2.52. The van der Waals surface area contributed by atoms with Gasteiger partial charge in [-0.25, -0.2) is 13.8 Å². The van der Waals surface area contributed by atoms with Crippen LogP contribution in [0.15, 0.2) is 60.9 Å². The van der Waals surface area contributed by atoms with Crippen molar-refractivity contribution in [2.45, 2.75) is 0 Å². The predicted octanol–water partition coefficient (Wildman–Crippen LogP) is 4.44. The molecule has 2 heterocycles. The Bertz CT molecular complexity index is 1130. The van der Waals surface area contributed by atoms with Gasteiger partial charge in [-0.3, -0.25) is 4.79 Å². The molecule has 2 aromatic heterocycles. The maximum absolute atomic E-state index is 14.0. The average molecular weight is 350 g/mol. The highest BCUT2D eigenvalue weighted by Crippen LogP contribution is 2.31. The van der Waals surface area contributed by atoms with Crippen molar-refractivity contribution in [2.75, 3.05) is 0 Å². The summed E-state index contributed by atoms with van der Waals surface area (Å²) in [6, 6.07) is 11.6. The first-order chi connectivity index (χ1) is 12.6. The van der Waals surface area contributed by atoms with E-state index in [0.29, 0.717) is 22.2 Å². The van der Waals surface area contributed by atoms with Crippen molar-refractivity contribution in [1.29, 1.82) is 0 Å². The fourth-order valence-corrected chi connectivity index (χ4v) is 2.91. The fraction of sp³-hybridized carbons (Fsp3) is 0. The van der Waals surface area contributed by atoms with Crippen molar-refractivity contribution in [3.63, 3.8) is 0 Å². The molecule has 0 aliphatic carbocycles. The highest BCUT2D eigenvalue weighted by molar-refractivity contribution is 6.16. The highest BCUT2D eigenvalue weighted by Gasteiger charge is 2.22. The summed E-state index contributed by atoms with van der Waals surface area (Å²) in [6.07, 6.45) is 2.92. The van der Waals surface area contributed by atoms with E-state index < -0.39 is 23.0 Å². The van der Waals surface area contributed by atoms with Crippen LogP contribution >= 0.6 is 0 Å². The number of hydrogen-bond acceptors (Lipinski definition) is 3. The second kappa shape index (κ2) is 6.07. The number of halogens is 2. The quantitative estimate of drug-likeness (QED) is 0.537. The molecular formula is C20H12F2N2O2. The summed E-state index contributed by atoms with van der Waals surface area (Å²) in [7, 11) is 0. The number of aromatic hydroxyl groups is 1. The van der Waals surface area contributed by atoms with Gasteiger partial charge in [0.2, 0.25) is 5.78 Å². The van der Waals surface area contributed by atoms with Gasteiger partial charge in [-0.2, -0.15) is 0 Å². The predicted molar refractivity (Wildman–Crippen MR) is 93.0 cm³/mol. The summed E-state index contributed by atoms with van der Waals surface area (Å²) in [5, 5.41) is 10.4. The van der Waals surface area contributed by atoms with Gasteiger partial charge in [-0.15, -0.1) is 0 Å². The zero-order chi connectivity index (χ0) is 18.3. The number of benzene rings is 2. The first kappa shape index (κ1) is 16.0. The van der Waals surface area contributed by atoms with Crippen LogP contribution in [0, 0.1) is 11.6 Å². The maximum atomic E-state index is 14.0. The second-order valence-corrected chi connectivity index (χ2v) is 5.77. The minimum Gasteiger partial charge on any atom is -0.507 e. The van der Waals surface area contributed by atoms with Gasteiger partial charge in [0.25, 0.3) is 0 Å². The molecule has 0 saturated carbocycles. The van der Waals surface area contributed by atoms with Crippen LogP contribution in [-0.2, 0) is 0 Å². The fourth-order valence-electron chi connectivity index (χ4n) is 2.91. The number of nitrogens with zero attached hydrogens (tertiary/aromatic N) is 1. The van der Waals surface area contributed by atoms with Gasteiger partial charge in [-0.05, 0) is 24.3 Å². The molecule has 2 aromatic carbocycles. The molecule has 26 heavy (non-hydrogen) atoms. The number of nitrogens with one attached hydrogen (secondary N) is 1. The molecule has 0 amide bonds. The number of carbonyl (C=O) groups excluding carboxylic acids is 1. The Morgan fingerprint density at radius 3 is 2.50 bits per heavy atom. The molecule has 0 spiro atoms. The molecule has 2 N–H and O–H groups in total. The minimum atomic E-state index is -0.922. The molecule has 128 valence electrons. The number of phenolic OH excluding ortho intramolecular Hbond substituents is 1. The first-order valence-electron chi connectivity index (χ1n) is 7.80. The molecule has 0 aliphatic heterocycles. The summed E-state index contributed by atoms with van der Waals surface area (Å²) in [5.41, 5.74) is 1.02. The SMILES string of the molecule is O=C(c1c(F)cccc1F)c1c[nH]c2ncc(-c3ccccc3O)cc12. The van der Waals surface area contributed by atoms with E-state index >= 15 is 0 Å². The van der Waals surface area contributed by atoms with E-state index in [1.54, 1.807) is 30.5 Å². The number of carbonyl (C=O) groups is 1. The lowest BCUT2D eigenvalue weighted by Gasteiger charge is -2.06. The van der Waals surface area contributed by atoms with Gasteiger partial charge in [0.15, 0.2) is 0 Å². The summed E-state index contributed by atoms with van der Waals surface area (Å²) in [5.74, 6) is -2.55. The number of rotatable bonds is 3. The Morgan fingerprint density at radius 1 is 1.04 bits per heavy atom. The molecular weight excluding hydrogens is 338 g/mol. The number of aromatic amines is 1. The Morgan fingerprint density at radius 2 is 1.77 bits per heavy atom. The molecule has 4 rings (SSSR count). The zero-order valence-corrected chi connectivity index (χ0v) is 13.3. The first-order valence-corrected chi connectivity index (χ1v) is 7.80. The summed E-state index contributed by atoms with van der Waals surface area (Å²) >= 11 is 0.